The predicted octanol–water partition coefficient (Wildman–Crippen LogP) is 6.64. The summed E-state index contributed by atoms with van der Waals surface area (Å²) in [5.74, 6) is -1.54. The Morgan fingerprint density at radius 3 is 2.56 bits per heavy atom. The summed E-state index contributed by atoms with van der Waals surface area (Å²) in [4.78, 5) is 51.9. The van der Waals surface area contributed by atoms with Gasteiger partial charge in [0.2, 0.25) is 5.91 Å². The van der Waals surface area contributed by atoms with Gasteiger partial charge in [-0.05, 0) is 80.5 Å². The largest absolute Gasteiger partial charge is 0.464 e. The summed E-state index contributed by atoms with van der Waals surface area (Å²) in [6.45, 7) is 9.66. The molecule has 6 bridgehead atoms. The summed E-state index contributed by atoms with van der Waals surface area (Å²) < 4.78 is 14.2. The van der Waals surface area contributed by atoms with Gasteiger partial charge in [0, 0.05) is 71.7 Å². The molecule has 62 heavy (non-hydrogen) atoms. The maximum atomic E-state index is 14.4. The Morgan fingerprint density at radius 1 is 1.08 bits per heavy atom. The van der Waals surface area contributed by atoms with Crippen LogP contribution < -0.4 is 16.5 Å². The lowest BCUT2D eigenvalue weighted by Gasteiger charge is -2.35. The molecular formula is C44H61N7O5S6. The third kappa shape index (κ3) is 10.5. The van der Waals surface area contributed by atoms with Gasteiger partial charge in [0.25, 0.3) is 5.91 Å². The standard InChI is InChI=1S/C44H51N7O5S.5H2S/c1-6-50-36-16-15-27-20-30(36)32(40(50)29-13-9-17-46-39(29)25(2)55-5)22-44(3,4)24-56-43(54)33-14-10-18-51(49-33)42(53)34(21-37-47-35(27)23-57-37)48-41(52)31-19-26-11-7-8-12-28(26)38(31)45;;;;;/h7-9,11-13,15-17,20,23,25,31,33-34,38,49H,6,10,14,18-19,21-22,24,45H2,1-5H3,(H,48,52);5*1H2/t25-,31-,33-,34-,38+;;;;;/m0...../s1. The van der Waals surface area contributed by atoms with E-state index >= 15 is 0 Å². The van der Waals surface area contributed by atoms with Crippen molar-refractivity contribution in [2.24, 2.45) is 17.1 Å². The average molecular weight is 960 g/mol. The molecule has 5 atom stereocenters. The molecule has 1 aliphatic carbocycles. The lowest BCUT2D eigenvalue weighted by Crippen LogP contribution is -2.61. The number of benzene rings is 2. The normalized spacial score (nSPS) is 21.0. The SMILES string of the molecule is CCn1c(-c2cccnc2[C@H](C)OC)c2c3cc(ccc31)-c1csc(n1)C[C@H](NC(=O)[C@H]1Cc3ccccc3[C@H]1N)C(=O)N1CCC[C@H](N1)C(=O)OCC(C)(C)C2.S.S.S.S.S. The monoisotopic (exact) mass is 959 g/mol. The molecule has 5 aromatic rings. The number of methoxy groups -OCH3 is 1. The van der Waals surface area contributed by atoms with Crippen LogP contribution in [-0.2, 0) is 49.7 Å². The number of cyclic esters (lactones) is 1. The molecule has 3 aromatic heterocycles. The maximum absolute atomic E-state index is 14.4. The van der Waals surface area contributed by atoms with Crippen LogP contribution >= 0.6 is 78.8 Å². The molecule has 2 aromatic carbocycles. The minimum atomic E-state index is -0.939. The van der Waals surface area contributed by atoms with Gasteiger partial charge in [0.15, 0.2) is 0 Å². The number of esters is 1. The zero-order valence-electron chi connectivity index (χ0n) is 35.7. The van der Waals surface area contributed by atoms with Crippen LogP contribution in [0.5, 0.6) is 0 Å². The number of carbonyl (C=O) groups excluding carboxylic acids is 3. The fourth-order valence-corrected chi connectivity index (χ4v) is 9.57. The Labute approximate surface area is 403 Å². The van der Waals surface area contributed by atoms with Crippen molar-refractivity contribution >= 4 is 108 Å². The number of nitrogens with two attached hydrogens (primary N) is 1. The van der Waals surface area contributed by atoms with Crippen LogP contribution in [0.2, 0.25) is 0 Å². The van der Waals surface area contributed by atoms with Crippen molar-refractivity contribution in [2.45, 2.75) is 90.6 Å². The van der Waals surface area contributed by atoms with Crippen molar-refractivity contribution in [1.29, 1.82) is 0 Å². The molecular weight excluding hydrogens is 899 g/mol. The van der Waals surface area contributed by atoms with E-state index in [0.717, 1.165) is 62.3 Å². The van der Waals surface area contributed by atoms with Crippen LogP contribution in [0.25, 0.3) is 33.4 Å². The fraction of sp³-hybridized carbons (Fsp3) is 0.432. The van der Waals surface area contributed by atoms with E-state index in [4.69, 9.17) is 25.2 Å². The summed E-state index contributed by atoms with van der Waals surface area (Å²) in [6.07, 6.45) is 3.97. The quantitative estimate of drug-likeness (QED) is 0.159. The van der Waals surface area contributed by atoms with Crippen molar-refractivity contribution in [3.05, 3.63) is 93.6 Å². The summed E-state index contributed by atoms with van der Waals surface area (Å²) in [5.41, 5.74) is 18.1. The molecule has 1 fully saturated rings. The van der Waals surface area contributed by atoms with E-state index < -0.39 is 35.4 Å². The first-order valence-electron chi connectivity index (χ1n) is 19.9. The fourth-order valence-electron chi connectivity index (χ4n) is 8.72. The van der Waals surface area contributed by atoms with Crippen LogP contribution in [0.3, 0.4) is 0 Å². The van der Waals surface area contributed by atoms with Crippen molar-refractivity contribution in [2.75, 3.05) is 20.3 Å². The highest BCUT2D eigenvalue weighted by molar-refractivity contribution is 7.60. The molecule has 338 valence electrons. The number of amides is 2. The minimum absolute atomic E-state index is 0. The summed E-state index contributed by atoms with van der Waals surface area (Å²) in [7, 11) is 1.70. The molecule has 2 amide bonds. The highest BCUT2D eigenvalue weighted by atomic mass is 32.1. The first kappa shape index (κ1) is 53.1. The number of hydrazine groups is 1. The first-order valence-corrected chi connectivity index (χ1v) is 20.8. The van der Waals surface area contributed by atoms with Crippen LogP contribution in [-0.4, -0.2) is 69.7 Å². The van der Waals surface area contributed by atoms with Crippen LogP contribution in [0.15, 0.2) is 66.2 Å². The molecule has 0 saturated carbocycles. The van der Waals surface area contributed by atoms with Gasteiger partial charge in [0.05, 0.1) is 40.7 Å². The highest BCUT2D eigenvalue weighted by Gasteiger charge is 2.39. The summed E-state index contributed by atoms with van der Waals surface area (Å²) in [5, 5.41) is 8.34. The third-order valence-corrected chi connectivity index (χ3v) is 12.7. The van der Waals surface area contributed by atoms with Crippen LogP contribution in [0, 0.1) is 11.3 Å². The Balaban J connectivity index is 0.00000205. The van der Waals surface area contributed by atoms with Crippen molar-refractivity contribution in [3.8, 4) is 22.5 Å². The van der Waals surface area contributed by atoms with Crippen molar-refractivity contribution < 1.29 is 23.9 Å². The molecule has 0 radical (unpaired) electrons. The number of hydrogen-bond acceptors (Lipinski definition) is 10. The molecule has 0 spiro atoms. The number of thiazole rings is 1. The number of ether oxygens (including phenoxy) is 2. The van der Waals surface area contributed by atoms with E-state index in [1.807, 2.05) is 42.6 Å². The number of nitrogens with one attached hydrogen (secondary N) is 2. The van der Waals surface area contributed by atoms with Crippen LogP contribution in [0.4, 0.5) is 0 Å². The van der Waals surface area contributed by atoms with Crippen molar-refractivity contribution in [1.82, 2.24) is 30.3 Å². The van der Waals surface area contributed by atoms with Gasteiger partial charge in [0.1, 0.15) is 12.1 Å². The number of fused-ring (bicyclic) bond motifs is 7. The topological polar surface area (TPSA) is 154 Å². The molecule has 4 N–H and O–H groups in total. The van der Waals surface area contributed by atoms with Gasteiger partial charge in [-0.25, -0.2) is 10.4 Å². The zero-order chi connectivity index (χ0) is 40.0. The van der Waals surface area contributed by atoms with E-state index in [1.54, 1.807) is 13.3 Å². The van der Waals surface area contributed by atoms with E-state index in [1.165, 1.54) is 16.3 Å². The lowest BCUT2D eigenvalue weighted by atomic mass is 9.84. The molecule has 12 nitrogen and oxygen atoms in total. The van der Waals surface area contributed by atoms with Crippen LogP contribution in [0.1, 0.15) is 80.1 Å². The Morgan fingerprint density at radius 2 is 1.84 bits per heavy atom. The Hall–Kier alpha value is -3.20. The number of aromatic nitrogens is 3. The molecule has 1 saturated heterocycles. The van der Waals surface area contributed by atoms with Gasteiger partial charge >= 0.3 is 5.97 Å². The highest BCUT2D eigenvalue weighted by Crippen LogP contribution is 2.42. The molecule has 3 aliphatic rings. The molecule has 0 unspecified atom stereocenters. The lowest BCUT2D eigenvalue weighted by molar-refractivity contribution is -0.155. The van der Waals surface area contributed by atoms with Gasteiger partial charge in [-0.1, -0.05) is 44.2 Å². The minimum Gasteiger partial charge on any atom is -0.464 e. The third-order valence-electron chi connectivity index (χ3n) is 11.8. The predicted molar refractivity (Wildman–Crippen MR) is 272 cm³/mol. The van der Waals surface area contributed by atoms with E-state index in [9.17, 15) is 14.4 Å². The first-order chi connectivity index (χ1) is 27.5. The molecule has 8 rings (SSSR count). The second kappa shape index (κ2) is 22.1. The Kier molecular flexibility index (Phi) is 19.0. The van der Waals surface area contributed by atoms with Gasteiger partial charge in [-0.2, -0.15) is 67.5 Å². The maximum Gasteiger partial charge on any atom is 0.324 e. The average Bonchev–Trinajstić information content (AvgIpc) is 3.92. The van der Waals surface area contributed by atoms with E-state index in [0.29, 0.717) is 37.2 Å². The molecule has 18 heteroatoms. The number of hydrogen-bond donors (Lipinski definition) is 3. The second-order valence-electron chi connectivity index (χ2n) is 16.3. The van der Waals surface area contributed by atoms with Gasteiger partial charge in [-0.15, -0.1) is 11.3 Å². The summed E-state index contributed by atoms with van der Waals surface area (Å²) in [6, 6.07) is 16.2. The number of carbonyl (C=O) groups is 3. The summed E-state index contributed by atoms with van der Waals surface area (Å²) >= 11 is 1.46. The van der Waals surface area contributed by atoms with E-state index in [2.05, 4.69) is 60.3 Å². The molecule has 2 aliphatic heterocycles. The number of nitrogens with zero attached hydrogens (tertiary/aromatic N) is 4. The smallest absolute Gasteiger partial charge is 0.324 e. The zero-order valence-corrected chi connectivity index (χ0v) is 41.5. The number of pyridine rings is 1. The van der Waals surface area contributed by atoms with E-state index in [-0.39, 0.29) is 98.4 Å². The number of aryl methyl sites for hydroxylation is 1. The Bertz CT molecular complexity index is 2360. The second-order valence-corrected chi connectivity index (χ2v) is 17.2. The van der Waals surface area contributed by atoms with Crippen molar-refractivity contribution in [3.63, 3.8) is 0 Å². The molecule has 5 heterocycles. The number of rotatable bonds is 6. The van der Waals surface area contributed by atoms with Gasteiger partial charge in [-0.3, -0.25) is 24.4 Å². The van der Waals surface area contributed by atoms with Gasteiger partial charge < -0.3 is 25.1 Å².